The normalized spacial score (nSPS) is 10.8. The van der Waals surface area contributed by atoms with Gasteiger partial charge >= 0.3 is 0 Å². The largest absolute Gasteiger partial charge is 0.462 e. The number of halogens is 1. The molecule has 0 aliphatic heterocycles. The molecule has 2 rings (SSSR count). The van der Waals surface area contributed by atoms with Crippen LogP contribution >= 0.6 is 11.6 Å². The monoisotopic (exact) mass is 181 g/mol. The first-order valence-electron chi connectivity index (χ1n) is 3.67. The van der Waals surface area contributed by atoms with E-state index in [2.05, 4.69) is 0 Å². The van der Waals surface area contributed by atoms with Crippen molar-refractivity contribution in [2.24, 2.45) is 5.73 Å². The molecule has 3 heteroatoms. The summed E-state index contributed by atoms with van der Waals surface area (Å²) in [6, 6.07) is 5.64. The number of rotatable bonds is 1. The fourth-order valence-electron chi connectivity index (χ4n) is 1.23. The zero-order valence-corrected chi connectivity index (χ0v) is 7.14. The van der Waals surface area contributed by atoms with E-state index in [0.29, 0.717) is 11.6 Å². The molecule has 2 nitrogen and oxygen atoms in total. The Bertz CT molecular complexity index is 408. The first-order chi connectivity index (χ1) is 5.83. The highest BCUT2D eigenvalue weighted by atomic mass is 35.5. The Morgan fingerprint density at radius 2 is 2.25 bits per heavy atom. The third-order valence-electron chi connectivity index (χ3n) is 1.85. The van der Waals surface area contributed by atoms with Gasteiger partial charge in [-0.25, -0.2) is 0 Å². The minimum atomic E-state index is 0.480. The Labute approximate surface area is 74.9 Å². The van der Waals surface area contributed by atoms with Gasteiger partial charge in [-0.3, -0.25) is 0 Å². The third-order valence-corrected chi connectivity index (χ3v) is 2.15. The van der Waals surface area contributed by atoms with Gasteiger partial charge in [-0.1, -0.05) is 23.7 Å². The van der Waals surface area contributed by atoms with Crippen molar-refractivity contribution in [2.45, 2.75) is 6.54 Å². The second-order valence-corrected chi connectivity index (χ2v) is 2.99. The summed E-state index contributed by atoms with van der Waals surface area (Å²) in [6.07, 6.45) is 1.65. The van der Waals surface area contributed by atoms with Crippen molar-refractivity contribution in [2.75, 3.05) is 0 Å². The number of para-hydroxylation sites is 1. The summed E-state index contributed by atoms with van der Waals surface area (Å²) in [6.45, 7) is 0.480. The van der Waals surface area contributed by atoms with Crippen LogP contribution in [0.5, 0.6) is 0 Å². The molecule has 0 fully saturated rings. The van der Waals surface area contributed by atoms with E-state index >= 15 is 0 Å². The minimum Gasteiger partial charge on any atom is -0.462 e. The third kappa shape index (κ3) is 1.00. The lowest BCUT2D eigenvalue weighted by atomic mass is 10.2. The van der Waals surface area contributed by atoms with Gasteiger partial charge in [-0.15, -0.1) is 0 Å². The summed E-state index contributed by atoms with van der Waals surface area (Å²) >= 11 is 5.89. The van der Waals surface area contributed by atoms with Gasteiger partial charge in [0.05, 0.1) is 11.3 Å². The van der Waals surface area contributed by atoms with Crippen molar-refractivity contribution in [3.8, 4) is 0 Å². The molecule has 0 amide bonds. The molecule has 2 N–H and O–H groups in total. The fourth-order valence-corrected chi connectivity index (χ4v) is 1.45. The van der Waals surface area contributed by atoms with Crippen molar-refractivity contribution >= 4 is 22.6 Å². The Balaban J connectivity index is 2.80. The Hall–Kier alpha value is -0.990. The van der Waals surface area contributed by atoms with Crippen LogP contribution in [-0.2, 0) is 6.54 Å². The molecule has 0 aliphatic rings. The number of hydrogen-bond donors (Lipinski definition) is 1. The predicted molar refractivity (Wildman–Crippen MR) is 49.1 cm³/mol. The van der Waals surface area contributed by atoms with E-state index in [1.807, 2.05) is 12.1 Å². The summed E-state index contributed by atoms with van der Waals surface area (Å²) in [5.74, 6) is 0. The number of benzene rings is 1. The van der Waals surface area contributed by atoms with E-state index in [1.54, 1.807) is 12.3 Å². The maximum absolute atomic E-state index is 5.89. The predicted octanol–water partition coefficient (Wildman–Crippen LogP) is 2.54. The summed E-state index contributed by atoms with van der Waals surface area (Å²) in [7, 11) is 0. The van der Waals surface area contributed by atoms with E-state index in [1.165, 1.54) is 0 Å². The average molecular weight is 182 g/mol. The van der Waals surface area contributed by atoms with Gasteiger partial charge in [0.25, 0.3) is 0 Å². The van der Waals surface area contributed by atoms with E-state index in [0.717, 1.165) is 16.5 Å². The Morgan fingerprint density at radius 3 is 3.00 bits per heavy atom. The highest BCUT2D eigenvalue weighted by Crippen LogP contribution is 2.27. The topological polar surface area (TPSA) is 39.2 Å². The Kier molecular flexibility index (Phi) is 1.79. The lowest BCUT2D eigenvalue weighted by molar-refractivity contribution is 0.611. The first-order valence-corrected chi connectivity index (χ1v) is 4.05. The number of nitrogens with two attached hydrogens (primary N) is 1. The molecule has 0 unspecified atom stereocenters. The van der Waals surface area contributed by atoms with Crippen LogP contribution in [0.4, 0.5) is 0 Å². The summed E-state index contributed by atoms with van der Waals surface area (Å²) in [5.41, 5.74) is 7.22. The summed E-state index contributed by atoms with van der Waals surface area (Å²) < 4.78 is 5.26. The van der Waals surface area contributed by atoms with Crippen LogP contribution in [0.2, 0.25) is 5.02 Å². The first kappa shape index (κ1) is 7.65. The van der Waals surface area contributed by atoms with Crippen LogP contribution in [-0.4, -0.2) is 0 Å². The molecule has 12 heavy (non-hydrogen) atoms. The lowest BCUT2D eigenvalue weighted by Gasteiger charge is -1.92. The van der Waals surface area contributed by atoms with Crippen molar-refractivity contribution in [1.82, 2.24) is 0 Å². The van der Waals surface area contributed by atoms with Gasteiger partial charge in [0, 0.05) is 17.5 Å². The highest BCUT2D eigenvalue weighted by Gasteiger charge is 2.05. The van der Waals surface area contributed by atoms with E-state index in [9.17, 15) is 0 Å². The quantitative estimate of drug-likeness (QED) is 0.735. The molecule has 0 aliphatic carbocycles. The van der Waals surface area contributed by atoms with Crippen LogP contribution in [0, 0.1) is 0 Å². The molecule has 2 aromatic rings. The molecule has 0 atom stereocenters. The van der Waals surface area contributed by atoms with Crippen LogP contribution in [0.25, 0.3) is 11.0 Å². The van der Waals surface area contributed by atoms with Crippen molar-refractivity contribution in [1.29, 1.82) is 0 Å². The number of hydrogen-bond acceptors (Lipinski definition) is 2. The smallest absolute Gasteiger partial charge is 0.152 e. The van der Waals surface area contributed by atoms with Gasteiger partial charge in [0.1, 0.15) is 0 Å². The van der Waals surface area contributed by atoms with Crippen LogP contribution < -0.4 is 5.73 Å². The van der Waals surface area contributed by atoms with Crippen molar-refractivity contribution in [3.05, 3.63) is 35.0 Å². The van der Waals surface area contributed by atoms with Crippen molar-refractivity contribution < 1.29 is 4.42 Å². The maximum atomic E-state index is 5.89. The molecule has 1 aromatic carbocycles. The molecule has 0 saturated heterocycles. The average Bonchev–Trinajstić information content (AvgIpc) is 2.49. The van der Waals surface area contributed by atoms with E-state index in [4.69, 9.17) is 21.8 Å². The van der Waals surface area contributed by atoms with Crippen LogP contribution in [0.3, 0.4) is 0 Å². The molecule has 0 saturated carbocycles. The molecular weight excluding hydrogens is 174 g/mol. The molecule has 0 spiro atoms. The van der Waals surface area contributed by atoms with Crippen molar-refractivity contribution in [3.63, 3.8) is 0 Å². The highest BCUT2D eigenvalue weighted by molar-refractivity contribution is 6.34. The van der Waals surface area contributed by atoms with Gasteiger partial charge in [0.15, 0.2) is 5.58 Å². The molecule has 1 aromatic heterocycles. The van der Waals surface area contributed by atoms with Gasteiger partial charge in [-0.2, -0.15) is 0 Å². The minimum absolute atomic E-state index is 0.480. The molecular formula is C9H8ClNO. The summed E-state index contributed by atoms with van der Waals surface area (Å²) in [4.78, 5) is 0. The molecule has 1 heterocycles. The zero-order valence-electron chi connectivity index (χ0n) is 6.38. The molecule has 62 valence electrons. The van der Waals surface area contributed by atoms with Crippen LogP contribution in [0.1, 0.15) is 5.56 Å². The van der Waals surface area contributed by atoms with Gasteiger partial charge in [0.2, 0.25) is 0 Å². The second kappa shape index (κ2) is 2.81. The molecule has 0 bridgehead atoms. The lowest BCUT2D eigenvalue weighted by Crippen LogP contribution is -1.93. The molecule has 0 radical (unpaired) electrons. The second-order valence-electron chi connectivity index (χ2n) is 2.58. The van der Waals surface area contributed by atoms with Gasteiger partial charge in [-0.05, 0) is 6.07 Å². The maximum Gasteiger partial charge on any atom is 0.152 e. The number of furan rings is 1. The summed E-state index contributed by atoms with van der Waals surface area (Å²) in [5, 5.41) is 1.64. The standard InChI is InChI=1S/C9H8ClNO/c10-8-3-1-2-7-6(4-11)5-12-9(7)8/h1-3,5H,4,11H2. The fraction of sp³-hybridized carbons (Fsp3) is 0.111. The zero-order chi connectivity index (χ0) is 8.55. The number of fused-ring (bicyclic) bond motifs is 1. The van der Waals surface area contributed by atoms with E-state index in [-0.39, 0.29) is 0 Å². The van der Waals surface area contributed by atoms with Gasteiger partial charge < -0.3 is 10.2 Å². The van der Waals surface area contributed by atoms with Crippen LogP contribution in [0.15, 0.2) is 28.9 Å². The van der Waals surface area contributed by atoms with E-state index < -0.39 is 0 Å². The Morgan fingerprint density at radius 1 is 1.42 bits per heavy atom. The SMILES string of the molecule is NCc1coc2c(Cl)cccc12.